The highest BCUT2D eigenvalue weighted by Crippen LogP contribution is 2.21. The molecule has 0 amide bonds. The molecule has 0 saturated heterocycles. The van der Waals surface area contributed by atoms with E-state index in [1.165, 1.54) is 18.6 Å². The number of nitrogens with two attached hydrogens (primary N) is 1. The van der Waals surface area contributed by atoms with Crippen LogP contribution in [0.25, 0.3) is 0 Å². The molecule has 0 spiro atoms. The minimum atomic E-state index is -1.18. The fraction of sp³-hybridized carbons (Fsp3) is 0.611. The summed E-state index contributed by atoms with van der Waals surface area (Å²) in [5.41, 5.74) is 5.32. The largest absolute Gasteiger partial charge is 0.384 e. The zero-order valence-electron chi connectivity index (χ0n) is 15.1. The third-order valence-corrected chi connectivity index (χ3v) is 3.84. The van der Waals surface area contributed by atoms with Gasteiger partial charge in [-0.3, -0.25) is 4.99 Å². The summed E-state index contributed by atoms with van der Waals surface area (Å²) in [6, 6.07) is 6.01. The minimum Gasteiger partial charge on any atom is -0.384 e. The molecule has 4 nitrogen and oxygen atoms in total. The Morgan fingerprint density at radius 1 is 1.25 bits per heavy atom. The molecule has 1 rings (SSSR count). The Morgan fingerprint density at radius 2 is 1.83 bits per heavy atom. The smallest absolute Gasteiger partial charge is 0.188 e. The van der Waals surface area contributed by atoms with Crippen molar-refractivity contribution in [2.45, 2.75) is 58.6 Å². The second-order valence-corrected chi connectivity index (χ2v) is 6.85. The molecule has 0 aliphatic carbocycles. The van der Waals surface area contributed by atoms with Crippen molar-refractivity contribution < 1.29 is 9.50 Å². The van der Waals surface area contributed by atoms with Gasteiger partial charge in [-0.15, -0.1) is 24.0 Å². The highest BCUT2D eigenvalue weighted by atomic mass is 127. The maximum absolute atomic E-state index is 12.9. The molecular formula is C18H31FIN3O. The molecule has 6 heteroatoms. The van der Waals surface area contributed by atoms with Gasteiger partial charge in [0.15, 0.2) is 5.96 Å². The van der Waals surface area contributed by atoms with Crippen LogP contribution in [0.3, 0.4) is 0 Å². The second kappa shape index (κ2) is 10.9. The van der Waals surface area contributed by atoms with Crippen molar-refractivity contribution in [1.82, 2.24) is 5.32 Å². The van der Waals surface area contributed by atoms with Gasteiger partial charge in [-0.2, -0.15) is 0 Å². The van der Waals surface area contributed by atoms with Crippen LogP contribution in [0.1, 0.15) is 52.5 Å². The standard InChI is InChI=1S/C18H30FN3O.HI/c1-13(2)6-5-7-14(3)22-17(20)21-12-18(4,23)15-8-10-16(19)11-9-15;/h8-11,13-14,23H,5-7,12H2,1-4H3,(H3,20,21,22);1H. The van der Waals surface area contributed by atoms with E-state index >= 15 is 0 Å². The van der Waals surface area contributed by atoms with Gasteiger partial charge in [0.1, 0.15) is 11.4 Å². The van der Waals surface area contributed by atoms with Crippen LogP contribution in [-0.4, -0.2) is 23.7 Å². The molecule has 0 aliphatic rings. The van der Waals surface area contributed by atoms with E-state index in [-0.39, 0.29) is 42.4 Å². The molecule has 2 unspecified atom stereocenters. The van der Waals surface area contributed by atoms with Gasteiger partial charge >= 0.3 is 0 Å². The SMILES string of the molecule is CC(C)CCCC(C)NC(N)=NCC(C)(O)c1ccc(F)cc1.I. The van der Waals surface area contributed by atoms with Crippen LogP contribution < -0.4 is 11.1 Å². The van der Waals surface area contributed by atoms with Crippen LogP contribution in [0, 0.1) is 11.7 Å². The molecule has 138 valence electrons. The molecule has 0 aromatic heterocycles. The Morgan fingerprint density at radius 3 is 2.38 bits per heavy atom. The molecule has 0 radical (unpaired) electrons. The van der Waals surface area contributed by atoms with Crippen LogP contribution in [0.2, 0.25) is 0 Å². The van der Waals surface area contributed by atoms with E-state index in [4.69, 9.17) is 5.73 Å². The highest BCUT2D eigenvalue weighted by Gasteiger charge is 2.22. The van der Waals surface area contributed by atoms with E-state index in [1.54, 1.807) is 19.1 Å². The van der Waals surface area contributed by atoms with E-state index in [0.717, 1.165) is 12.8 Å². The monoisotopic (exact) mass is 451 g/mol. The van der Waals surface area contributed by atoms with Gasteiger partial charge in [-0.25, -0.2) is 4.39 Å². The van der Waals surface area contributed by atoms with E-state index in [0.29, 0.717) is 17.4 Å². The number of nitrogens with zero attached hydrogens (tertiary/aromatic N) is 1. The lowest BCUT2D eigenvalue weighted by atomic mass is 9.96. The highest BCUT2D eigenvalue weighted by molar-refractivity contribution is 14.0. The van der Waals surface area contributed by atoms with E-state index in [2.05, 4.69) is 31.1 Å². The van der Waals surface area contributed by atoms with Gasteiger partial charge in [0.25, 0.3) is 0 Å². The third-order valence-electron chi connectivity index (χ3n) is 3.84. The van der Waals surface area contributed by atoms with Gasteiger partial charge in [0, 0.05) is 6.04 Å². The average Bonchev–Trinajstić information content (AvgIpc) is 2.45. The van der Waals surface area contributed by atoms with Crippen molar-refractivity contribution >= 4 is 29.9 Å². The Bertz CT molecular complexity index is 503. The maximum atomic E-state index is 12.9. The molecule has 0 saturated carbocycles. The third kappa shape index (κ3) is 8.82. The fourth-order valence-corrected chi connectivity index (χ4v) is 2.34. The van der Waals surface area contributed by atoms with E-state index in [9.17, 15) is 9.50 Å². The number of hydrogen-bond donors (Lipinski definition) is 3. The summed E-state index contributed by atoms with van der Waals surface area (Å²) in [6.45, 7) is 8.26. The van der Waals surface area contributed by atoms with Crippen LogP contribution in [0.5, 0.6) is 0 Å². The average molecular weight is 451 g/mol. The summed E-state index contributed by atoms with van der Waals surface area (Å²) < 4.78 is 12.9. The summed E-state index contributed by atoms with van der Waals surface area (Å²) in [7, 11) is 0. The molecule has 0 fully saturated rings. The van der Waals surface area contributed by atoms with Crippen LogP contribution in [-0.2, 0) is 5.60 Å². The van der Waals surface area contributed by atoms with Crippen LogP contribution in [0.15, 0.2) is 29.3 Å². The van der Waals surface area contributed by atoms with Crippen molar-refractivity contribution in [2.24, 2.45) is 16.6 Å². The quantitative estimate of drug-likeness (QED) is 0.320. The first-order valence-corrected chi connectivity index (χ1v) is 8.25. The Balaban J connectivity index is 0.00000529. The minimum absolute atomic E-state index is 0. The summed E-state index contributed by atoms with van der Waals surface area (Å²) in [4.78, 5) is 4.22. The number of halogens is 2. The Kier molecular flexibility index (Phi) is 10.5. The molecule has 1 aromatic rings. The summed E-state index contributed by atoms with van der Waals surface area (Å²) in [5.74, 6) is 0.702. The zero-order chi connectivity index (χ0) is 17.5. The molecule has 1 aromatic carbocycles. The summed E-state index contributed by atoms with van der Waals surface area (Å²) in [5, 5.41) is 13.6. The summed E-state index contributed by atoms with van der Waals surface area (Å²) >= 11 is 0. The lowest BCUT2D eigenvalue weighted by Crippen LogP contribution is -2.39. The van der Waals surface area contributed by atoms with Crippen molar-refractivity contribution in [2.75, 3.05) is 6.54 Å². The van der Waals surface area contributed by atoms with Crippen LogP contribution in [0.4, 0.5) is 4.39 Å². The number of aliphatic hydroxyl groups is 1. The van der Waals surface area contributed by atoms with Gasteiger partial charge < -0.3 is 16.2 Å². The predicted octanol–water partition coefficient (Wildman–Crippen LogP) is 3.77. The number of hydrogen-bond acceptors (Lipinski definition) is 2. The molecule has 0 heterocycles. The molecule has 0 aliphatic heterocycles. The first-order valence-electron chi connectivity index (χ1n) is 8.25. The number of aliphatic imine (C=N–C) groups is 1. The van der Waals surface area contributed by atoms with Crippen molar-refractivity contribution in [3.05, 3.63) is 35.6 Å². The number of nitrogens with one attached hydrogen (secondary N) is 1. The van der Waals surface area contributed by atoms with Crippen molar-refractivity contribution in [3.8, 4) is 0 Å². The normalized spacial score (nSPS) is 15.5. The first kappa shape index (κ1) is 23.1. The second-order valence-electron chi connectivity index (χ2n) is 6.85. The van der Waals surface area contributed by atoms with E-state index in [1.807, 2.05) is 0 Å². The number of guanidine groups is 1. The molecule has 0 bridgehead atoms. The zero-order valence-corrected chi connectivity index (χ0v) is 17.4. The Labute approximate surface area is 162 Å². The predicted molar refractivity (Wildman–Crippen MR) is 109 cm³/mol. The Hall–Kier alpha value is -0.890. The van der Waals surface area contributed by atoms with Gasteiger partial charge in [0.05, 0.1) is 6.54 Å². The van der Waals surface area contributed by atoms with E-state index < -0.39 is 5.60 Å². The summed E-state index contributed by atoms with van der Waals surface area (Å²) in [6.07, 6.45) is 3.37. The van der Waals surface area contributed by atoms with Gasteiger partial charge in [0.2, 0.25) is 0 Å². The molecule has 24 heavy (non-hydrogen) atoms. The fourth-order valence-electron chi connectivity index (χ4n) is 2.34. The number of rotatable bonds is 8. The molecular weight excluding hydrogens is 420 g/mol. The first-order chi connectivity index (χ1) is 10.7. The molecule has 4 N–H and O–H groups in total. The lowest BCUT2D eigenvalue weighted by molar-refractivity contribution is 0.0672. The van der Waals surface area contributed by atoms with Crippen LogP contribution >= 0.6 is 24.0 Å². The van der Waals surface area contributed by atoms with Crippen molar-refractivity contribution in [1.29, 1.82) is 0 Å². The maximum Gasteiger partial charge on any atom is 0.188 e. The van der Waals surface area contributed by atoms with Crippen molar-refractivity contribution in [3.63, 3.8) is 0 Å². The number of benzene rings is 1. The topological polar surface area (TPSA) is 70.6 Å². The van der Waals surface area contributed by atoms with Gasteiger partial charge in [-0.05, 0) is 43.9 Å². The molecule has 2 atom stereocenters. The van der Waals surface area contributed by atoms with Gasteiger partial charge in [-0.1, -0.05) is 38.8 Å². The lowest BCUT2D eigenvalue weighted by Gasteiger charge is -2.22.